The summed E-state index contributed by atoms with van der Waals surface area (Å²) >= 11 is 1.96. The lowest BCUT2D eigenvalue weighted by Crippen LogP contribution is -1.92. The van der Waals surface area contributed by atoms with Crippen LogP contribution in [0.3, 0.4) is 0 Å². The van der Waals surface area contributed by atoms with Crippen molar-refractivity contribution in [1.29, 1.82) is 0 Å². The van der Waals surface area contributed by atoms with E-state index in [0.717, 1.165) is 0 Å². The van der Waals surface area contributed by atoms with Gasteiger partial charge in [0, 0.05) is 5.25 Å². The van der Waals surface area contributed by atoms with Crippen molar-refractivity contribution in [2.24, 2.45) is 0 Å². The van der Waals surface area contributed by atoms with Crippen molar-refractivity contribution in [3.05, 3.63) is 46.4 Å². The van der Waals surface area contributed by atoms with Crippen molar-refractivity contribution in [2.45, 2.75) is 38.4 Å². The van der Waals surface area contributed by atoms with Crippen LogP contribution >= 0.6 is 11.8 Å². The Morgan fingerprint density at radius 3 is 2.33 bits per heavy atom. The highest BCUT2D eigenvalue weighted by atomic mass is 32.2. The summed E-state index contributed by atoms with van der Waals surface area (Å²) in [4.78, 5) is 0. The van der Waals surface area contributed by atoms with E-state index < -0.39 is 0 Å². The van der Waals surface area contributed by atoms with Gasteiger partial charge in [-0.2, -0.15) is 0 Å². The number of hydrogen-bond donors (Lipinski definition) is 0. The van der Waals surface area contributed by atoms with Gasteiger partial charge < -0.3 is 0 Å². The SMILES string of the molecule is CC1=CSC(c2ccc(C(C)C)cc2)C1. The number of benzene rings is 1. The maximum atomic E-state index is 2.29. The zero-order chi connectivity index (χ0) is 10.8. The van der Waals surface area contributed by atoms with E-state index in [9.17, 15) is 0 Å². The third-order valence-corrected chi connectivity index (χ3v) is 4.22. The molecular formula is C14H18S. The van der Waals surface area contributed by atoms with Crippen molar-refractivity contribution in [2.75, 3.05) is 0 Å². The first-order chi connectivity index (χ1) is 7.16. The lowest BCUT2D eigenvalue weighted by molar-refractivity contribution is 0.861. The minimum absolute atomic E-state index is 0.634. The molecular weight excluding hydrogens is 200 g/mol. The highest BCUT2D eigenvalue weighted by Gasteiger charge is 2.16. The van der Waals surface area contributed by atoms with E-state index in [-0.39, 0.29) is 0 Å². The monoisotopic (exact) mass is 218 g/mol. The van der Waals surface area contributed by atoms with E-state index in [2.05, 4.69) is 50.4 Å². The first kappa shape index (κ1) is 10.8. The Bertz CT molecular complexity index is 359. The van der Waals surface area contributed by atoms with Crippen LogP contribution in [0.5, 0.6) is 0 Å². The van der Waals surface area contributed by atoms with Crippen molar-refractivity contribution in [1.82, 2.24) is 0 Å². The van der Waals surface area contributed by atoms with Gasteiger partial charge in [-0.3, -0.25) is 0 Å². The molecule has 0 spiro atoms. The molecule has 0 nitrogen and oxygen atoms in total. The van der Waals surface area contributed by atoms with E-state index in [0.29, 0.717) is 11.2 Å². The lowest BCUT2D eigenvalue weighted by atomic mass is 9.99. The summed E-state index contributed by atoms with van der Waals surface area (Å²) in [6, 6.07) is 9.13. The Morgan fingerprint density at radius 1 is 1.20 bits per heavy atom. The van der Waals surface area contributed by atoms with Crippen LogP contribution in [0.25, 0.3) is 0 Å². The Morgan fingerprint density at radius 2 is 1.87 bits per heavy atom. The Kier molecular flexibility index (Phi) is 3.20. The molecule has 1 unspecified atom stereocenters. The van der Waals surface area contributed by atoms with E-state index >= 15 is 0 Å². The number of thioether (sulfide) groups is 1. The maximum Gasteiger partial charge on any atom is 0.0375 e. The van der Waals surface area contributed by atoms with Crippen LogP contribution < -0.4 is 0 Å². The van der Waals surface area contributed by atoms with Gasteiger partial charge in [0.2, 0.25) is 0 Å². The van der Waals surface area contributed by atoms with Crippen LogP contribution in [-0.2, 0) is 0 Å². The van der Waals surface area contributed by atoms with Gasteiger partial charge in [0.15, 0.2) is 0 Å². The largest absolute Gasteiger partial charge is 0.126 e. The molecule has 80 valence electrons. The summed E-state index contributed by atoms with van der Waals surface area (Å²) in [6.45, 7) is 6.70. The van der Waals surface area contributed by atoms with Crippen LogP contribution in [0, 0.1) is 0 Å². The van der Waals surface area contributed by atoms with Gasteiger partial charge in [-0.05, 0) is 35.8 Å². The molecule has 0 amide bonds. The van der Waals surface area contributed by atoms with E-state index in [1.165, 1.54) is 23.1 Å². The fourth-order valence-electron chi connectivity index (χ4n) is 1.88. The minimum Gasteiger partial charge on any atom is -0.126 e. The topological polar surface area (TPSA) is 0 Å². The first-order valence-corrected chi connectivity index (χ1v) is 6.52. The van der Waals surface area contributed by atoms with Crippen LogP contribution in [0.1, 0.15) is 49.5 Å². The van der Waals surface area contributed by atoms with Crippen molar-refractivity contribution < 1.29 is 0 Å². The Hall–Kier alpha value is -0.690. The van der Waals surface area contributed by atoms with Gasteiger partial charge in [-0.25, -0.2) is 0 Å². The molecule has 15 heavy (non-hydrogen) atoms. The van der Waals surface area contributed by atoms with E-state index in [1.54, 1.807) is 0 Å². The zero-order valence-corrected chi connectivity index (χ0v) is 10.5. The molecule has 1 heteroatoms. The van der Waals surface area contributed by atoms with Crippen LogP contribution in [-0.4, -0.2) is 0 Å². The second-order valence-corrected chi connectivity index (χ2v) is 5.69. The maximum absolute atomic E-state index is 2.29. The quantitative estimate of drug-likeness (QED) is 0.681. The summed E-state index contributed by atoms with van der Waals surface area (Å²) in [7, 11) is 0. The third-order valence-electron chi connectivity index (χ3n) is 2.92. The molecule has 0 radical (unpaired) electrons. The molecule has 1 heterocycles. The number of hydrogen-bond acceptors (Lipinski definition) is 1. The molecule has 0 aromatic heterocycles. The lowest BCUT2D eigenvalue weighted by Gasteiger charge is -2.11. The normalized spacial score (nSPS) is 20.8. The van der Waals surface area contributed by atoms with Gasteiger partial charge in [0.25, 0.3) is 0 Å². The zero-order valence-electron chi connectivity index (χ0n) is 9.66. The summed E-state index contributed by atoms with van der Waals surface area (Å²) in [5, 5.41) is 2.95. The molecule has 0 fully saturated rings. The van der Waals surface area contributed by atoms with Gasteiger partial charge in [-0.15, -0.1) is 11.8 Å². The second-order valence-electron chi connectivity index (χ2n) is 4.61. The standard InChI is InChI=1S/C14H18S/c1-10(2)12-4-6-13(7-5-12)14-8-11(3)9-15-14/h4-7,9-10,14H,8H2,1-3H3. The molecule has 1 aliphatic rings. The van der Waals surface area contributed by atoms with Gasteiger partial charge in [0.1, 0.15) is 0 Å². The summed E-state index contributed by atoms with van der Waals surface area (Å²) < 4.78 is 0. The predicted molar refractivity (Wildman–Crippen MR) is 69.2 cm³/mol. The average Bonchev–Trinajstić information content (AvgIpc) is 2.65. The van der Waals surface area contributed by atoms with E-state index in [1.807, 2.05) is 11.8 Å². The molecule has 0 N–H and O–H groups in total. The second kappa shape index (κ2) is 4.44. The Balaban J connectivity index is 2.11. The highest BCUT2D eigenvalue weighted by molar-refractivity contribution is 8.02. The molecule has 0 aliphatic carbocycles. The molecule has 0 saturated heterocycles. The highest BCUT2D eigenvalue weighted by Crippen LogP contribution is 2.42. The number of rotatable bonds is 2. The molecule has 1 atom stereocenters. The molecule has 1 aliphatic heterocycles. The fourth-order valence-corrected chi connectivity index (χ4v) is 3.05. The minimum atomic E-state index is 0.634. The van der Waals surface area contributed by atoms with Crippen LogP contribution in [0.15, 0.2) is 35.2 Å². The summed E-state index contributed by atoms with van der Waals surface area (Å²) in [5.41, 5.74) is 4.42. The molecule has 0 bridgehead atoms. The van der Waals surface area contributed by atoms with Crippen molar-refractivity contribution in [3.8, 4) is 0 Å². The van der Waals surface area contributed by atoms with E-state index in [4.69, 9.17) is 0 Å². The van der Waals surface area contributed by atoms with Gasteiger partial charge >= 0.3 is 0 Å². The first-order valence-electron chi connectivity index (χ1n) is 5.58. The van der Waals surface area contributed by atoms with Gasteiger partial charge in [0.05, 0.1) is 0 Å². The molecule has 0 saturated carbocycles. The summed E-state index contributed by atoms with van der Waals surface area (Å²) in [6.07, 6.45) is 1.21. The Labute approximate surface area is 96.8 Å². The average molecular weight is 218 g/mol. The fraction of sp³-hybridized carbons (Fsp3) is 0.429. The number of allylic oxidation sites excluding steroid dienone is 1. The predicted octanol–water partition coefficient (Wildman–Crippen LogP) is 4.89. The summed E-state index contributed by atoms with van der Waals surface area (Å²) in [5.74, 6) is 0.634. The van der Waals surface area contributed by atoms with Crippen molar-refractivity contribution >= 4 is 11.8 Å². The van der Waals surface area contributed by atoms with Crippen LogP contribution in [0.2, 0.25) is 0 Å². The van der Waals surface area contributed by atoms with Crippen LogP contribution in [0.4, 0.5) is 0 Å². The third kappa shape index (κ3) is 2.46. The smallest absolute Gasteiger partial charge is 0.0375 e. The molecule has 1 aromatic carbocycles. The molecule has 2 rings (SSSR count). The van der Waals surface area contributed by atoms with Crippen molar-refractivity contribution in [3.63, 3.8) is 0 Å². The van der Waals surface area contributed by atoms with Gasteiger partial charge in [-0.1, -0.05) is 43.7 Å². The molecule has 1 aromatic rings.